The average Bonchev–Trinajstić information content (AvgIpc) is 3.23. The van der Waals surface area contributed by atoms with E-state index in [4.69, 9.17) is 18.9 Å². The molecule has 0 spiro atoms. The summed E-state index contributed by atoms with van der Waals surface area (Å²) in [5, 5.41) is 6.93. The number of ether oxygens (including phenoxy) is 4. The van der Waals surface area contributed by atoms with Crippen LogP contribution in [0.3, 0.4) is 0 Å². The van der Waals surface area contributed by atoms with E-state index in [1.807, 2.05) is 6.07 Å². The first-order valence-electron chi connectivity index (χ1n) is 10.7. The Labute approximate surface area is 203 Å². The Kier molecular flexibility index (Phi) is 10.6. The first-order valence-corrected chi connectivity index (χ1v) is 10.7. The standard InChI is InChI=1S/C22H36N4O4.HI/c1-22(8-5-11-30-22)16-25-21(23-2)24-15-18(26-9-12-29-13-10-26)17-6-7-19(27-3)20(14-17)28-4;/h6-7,14,18H,5,8-13,15-16H2,1-4H3,(H2,23,24,25);1H. The lowest BCUT2D eigenvalue weighted by atomic mass is 10.0. The van der Waals surface area contributed by atoms with E-state index in [-0.39, 0.29) is 35.6 Å². The summed E-state index contributed by atoms with van der Waals surface area (Å²) in [6.07, 6.45) is 2.18. The second-order valence-corrected chi connectivity index (χ2v) is 7.99. The Morgan fingerprint density at radius 2 is 1.90 bits per heavy atom. The molecule has 2 heterocycles. The molecule has 0 amide bonds. The summed E-state index contributed by atoms with van der Waals surface area (Å²) in [4.78, 5) is 6.84. The molecular weight excluding hydrogens is 511 g/mol. The maximum atomic E-state index is 5.88. The molecule has 0 aliphatic carbocycles. The lowest BCUT2D eigenvalue weighted by Crippen LogP contribution is -2.49. The molecule has 9 heteroatoms. The Balaban J connectivity index is 0.00000341. The van der Waals surface area contributed by atoms with Gasteiger partial charge in [0.1, 0.15) is 0 Å². The second-order valence-electron chi connectivity index (χ2n) is 7.99. The van der Waals surface area contributed by atoms with Crippen LogP contribution in [-0.4, -0.2) is 83.7 Å². The van der Waals surface area contributed by atoms with Crippen LogP contribution >= 0.6 is 24.0 Å². The van der Waals surface area contributed by atoms with Crippen LogP contribution in [0, 0.1) is 0 Å². The Morgan fingerprint density at radius 1 is 1.16 bits per heavy atom. The van der Waals surface area contributed by atoms with E-state index in [0.717, 1.165) is 69.8 Å². The van der Waals surface area contributed by atoms with Crippen molar-refractivity contribution >= 4 is 29.9 Å². The van der Waals surface area contributed by atoms with Gasteiger partial charge in [0.15, 0.2) is 17.5 Å². The SMILES string of the molecule is CN=C(NCC(c1ccc(OC)c(OC)c1)N1CCOCC1)NCC1(C)CCCO1.I. The van der Waals surface area contributed by atoms with E-state index in [1.165, 1.54) is 5.56 Å². The quantitative estimate of drug-likeness (QED) is 0.294. The molecule has 0 aromatic heterocycles. The van der Waals surface area contributed by atoms with Crippen molar-refractivity contribution in [2.75, 3.05) is 67.3 Å². The first-order chi connectivity index (χ1) is 14.6. The largest absolute Gasteiger partial charge is 0.493 e. The minimum atomic E-state index is -0.120. The lowest BCUT2D eigenvalue weighted by Gasteiger charge is -2.35. The number of nitrogens with one attached hydrogen (secondary N) is 2. The third kappa shape index (κ3) is 7.10. The van der Waals surface area contributed by atoms with Gasteiger partial charge in [-0.1, -0.05) is 6.07 Å². The highest BCUT2D eigenvalue weighted by Gasteiger charge is 2.30. The van der Waals surface area contributed by atoms with Gasteiger partial charge < -0.3 is 29.6 Å². The van der Waals surface area contributed by atoms with Gasteiger partial charge in [0, 0.05) is 39.8 Å². The van der Waals surface area contributed by atoms with Crippen LogP contribution in [0.5, 0.6) is 11.5 Å². The molecule has 0 bridgehead atoms. The van der Waals surface area contributed by atoms with E-state index in [2.05, 4.69) is 39.6 Å². The fourth-order valence-electron chi connectivity index (χ4n) is 4.07. The number of aliphatic imine (C=N–C) groups is 1. The van der Waals surface area contributed by atoms with Gasteiger partial charge >= 0.3 is 0 Å². The molecule has 31 heavy (non-hydrogen) atoms. The zero-order valence-corrected chi connectivity index (χ0v) is 21.4. The predicted molar refractivity (Wildman–Crippen MR) is 133 cm³/mol. The lowest BCUT2D eigenvalue weighted by molar-refractivity contribution is 0.0166. The van der Waals surface area contributed by atoms with Crippen molar-refractivity contribution in [3.8, 4) is 11.5 Å². The summed E-state index contributed by atoms with van der Waals surface area (Å²) in [6, 6.07) is 6.29. The molecule has 0 radical (unpaired) electrons. The van der Waals surface area contributed by atoms with Crippen molar-refractivity contribution in [2.24, 2.45) is 4.99 Å². The molecule has 1 aromatic rings. The highest BCUT2D eigenvalue weighted by molar-refractivity contribution is 14.0. The van der Waals surface area contributed by atoms with E-state index >= 15 is 0 Å². The number of hydrogen-bond donors (Lipinski definition) is 2. The molecule has 1 aromatic carbocycles. The van der Waals surface area contributed by atoms with Crippen molar-refractivity contribution in [1.29, 1.82) is 0 Å². The summed E-state index contributed by atoms with van der Waals surface area (Å²) in [5.74, 6) is 2.25. The van der Waals surface area contributed by atoms with Gasteiger partial charge in [0.2, 0.25) is 0 Å². The minimum absolute atomic E-state index is 0. The Morgan fingerprint density at radius 3 is 2.52 bits per heavy atom. The van der Waals surface area contributed by atoms with Crippen LogP contribution < -0.4 is 20.1 Å². The summed E-state index contributed by atoms with van der Waals surface area (Å²) in [6.45, 7) is 7.71. The fourth-order valence-corrected chi connectivity index (χ4v) is 4.07. The Bertz CT molecular complexity index is 707. The zero-order valence-electron chi connectivity index (χ0n) is 19.1. The summed E-state index contributed by atoms with van der Waals surface area (Å²) in [5.41, 5.74) is 1.05. The van der Waals surface area contributed by atoms with Gasteiger partial charge in [-0.15, -0.1) is 24.0 Å². The van der Waals surface area contributed by atoms with Crippen molar-refractivity contribution in [1.82, 2.24) is 15.5 Å². The normalized spacial score (nSPS) is 23.0. The van der Waals surface area contributed by atoms with E-state index in [0.29, 0.717) is 6.54 Å². The summed E-state index contributed by atoms with van der Waals surface area (Å²) < 4.78 is 22.4. The van der Waals surface area contributed by atoms with Crippen molar-refractivity contribution in [3.63, 3.8) is 0 Å². The highest BCUT2D eigenvalue weighted by Crippen LogP contribution is 2.32. The molecule has 2 unspecified atom stereocenters. The molecule has 2 aliphatic heterocycles. The van der Waals surface area contributed by atoms with Crippen molar-refractivity contribution < 1.29 is 18.9 Å². The monoisotopic (exact) mass is 548 g/mol. The van der Waals surface area contributed by atoms with Gasteiger partial charge in [0.05, 0.1) is 39.1 Å². The van der Waals surface area contributed by atoms with E-state index in [1.54, 1.807) is 21.3 Å². The van der Waals surface area contributed by atoms with Crippen LogP contribution in [0.4, 0.5) is 0 Å². The number of guanidine groups is 1. The Hall–Kier alpha value is -1.30. The predicted octanol–water partition coefficient (Wildman–Crippen LogP) is 2.43. The fraction of sp³-hybridized carbons (Fsp3) is 0.682. The highest BCUT2D eigenvalue weighted by atomic mass is 127. The van der Waals surface area contributed by atoms with Crippen LogP contribution in [-0.2, 0) is 9.47 Å². The van der Waals surface area contributed by atoms with Gasteiger partial charge in [0.25, 0.3) is 0 Å². The van der Waals surface area contributed by atoms with Gasteiger partial charge in [-0.05, 0) is 37.5 Å². The number of morpholine rings is 1. The van der Waals surface area contributed by atoms with Gasteiger partial charge in [-0.3, -0.25) is 9.89 Å². The molecule has 0 saturated carbocycles. The third-order valence-electron chi connectivity index (χ3n) is 5.90. The van der Waals surface area contributed by atoms with Gasteiger partial charge in [-0.2, -0.15) is 0 Å². The summed E-state index contributed by atoms with van der Waals surface area (Å²) >= 11 is 0. The van der Waals surface area contributed by atoms with Crippen LogP contribution in [0.1, 0.15) is 31.4 Å². The van der Waals surface area contributed by atoms with Gasteiger partial charge in [-0.25, -0.2) is 0 Å². The van der Waals surface area contributed by atoms with E-state index < -0.39 is 0 Å². The van der Waals surface area contributed by atoms with Crippen LogP contribution in [0.15, 0.2) is 23.2 Å². The maximum absolute atomic E-state index is 5.88. The van der Waals surface area contributed by atoms with Crippen molar-refractivity contribution in [3.05, 3.63) is 23.8 Å². The van der Waals surface area contributed by atoms with Crippen LogP contribution in [0.2, 0.25) is 0 Å². The van der Waals surface area contributed by atoms with Crippen LogP contribution in [0.25, 0.3) is 0 Å². The number of methoxy groups -OCH3 is 2. The number of halogens is 1. The maximum Gasteiger partial charge on any atom is 0.191 e. The first kappa shape index (κ1) is 26.0. The molecule has 3 rings (SSSR count). The molecule has 2 atom stereocenters. The molecule has 2 fully saturated rings. The minimum Gasteiger partial charge on any atom is -0.493 e. The number of hydrogen-bond acceptors (Lipinski definition) is 6. The molecular formula is C22H37IN4O4. The number of benzene rings is 1. The molecule has 2 N–H and O–H groups in total. The number of rotatable bonds is 8. The smallest absolute Gasteiger partial charge is 0.191 e. The molecule has 8 nitrogen and oxygen atoms in total. The second kappa shape index (κ2) is 12.7. The number of nitrogens with zero attached hydrogens (tertiary/aromatic N) is 2. The molecule has 2 aliphatic rings. The molecule has 176 valence electrons. The topological polar surface area (TPSA) is 76.6 Å². The van der Waals surface area contributed by atoms with E-state index in [9.17, 15) is 0 Å². The average molecular weight is 548 g/mol. The van der Waals surface area contributed by atoms with Crippen molar-refractivity contribution in [2.45, 2.75) is 31.4 Å². The zero-order chi connectivity index (χ0) is 21.4. The molecule has 2 saturated heterocycles. The summed E-state index contributed by atoms with van der Waals surface area (Å²) in [7, 11) is 5.12. The third-order valence-corrected chi connectivity index (χ3v) is 5.90.